The van der Waals surface area contributed by atoms with Gasteiger partial charge in [0.15, 0.2) is 0 Å². The lowest BCUT2D eigenvalue weighted by molar-refractivity contribution is -0.140. The van der Waals surface area contributed by atoms with E-state index in [-0.39, 0.29) is 5.92 Å². The van der Waals surface area contributed by atoms with Gasteiger partial charge in [-0.3, -0.25) is 0 Å². The van der Waals surface area contributed by atoms with Crippen molar-refractivity contribution in [1.29, 1.82) is 0 Å². The Morgan fingerprint density at radius 2 is 2.00 bits per heavy atom. The average molecular weight is 255 g/mol. The third-order valence-corrected chi connectivity index (χ3v) is 2.76. The normalized spacial score (nSPS) is 18.6. The van der Waals surface area contributed by atoms with Crippen LogP contribution in [0.25, 0.3) is 0 Å². The molecule has 0 aromatic rings. The van der Waals surface area contributed by atoms with Crippen LogP contribution in [0.3, 0.4) is 0 Å². The quantitative estimate of drug-likeness (QED) is 0.738. The number of hydrogen-bond donors (Lipinski definition) is 2. The maximum atomic E-state index is 11.6. The molecular weight excluding hydrogens is 234 g/mol. The molecule has 5 heteroatoms. The summed E-state index contributed by atoms with van der Waals surface area (Å²) in [4.78, 5) is 22.8. The molecule has 1 aliphatic carbocycles. The summed E-state index contributed by atoms with van der Waals surface area (Å²) < 4.78 is 5.07. The fraction of sp³-hybridized carbons (Fsp3) is 0.692. The predicted molar refractivity (Wildman–Crippen MR) is 67.2 cm³/mol. The van der Waals surface area contributed by atoms with E-state index >= 15 is 0 Å². The van der Waals surface area contributed by atoms with Crippen molar-refractivity contribution in [2.24, 2.45) is 11.8 Å². The molecule has 0 bridgehead atoms. The van der Waals surface area contributed by atoms with Crippen LogP contribution in [0.2, 0.25) is 0 Å². The Kier molecular flexibility index (Phi) is 4.38. The monoisotopic (exact) mass is 255 g/mol. The minimum absolute atomic E-state index is 0.241. The van der Waals surface area contributed by atoms with Crippen molar-refractivity contribution in [1.82, 2.24) is 5.32 Å². The van der Waals surface area contributed by atoms with Crippen molar-refractivity contribution in [3.63, 3.8) is 0 Å². The summed E-state index contributed by atoms with van der Waals surface area (Å²) in [6, 6.07) is -0.968. The molecule has 18 heavy (non-hydrogen) atoms. The first kappa shape index (κ1) is 14.5. The largest absolute Gasteiger partial charge is 0.480 e. The molecule has 0 aromatic heterocycles. The van der Waals surface area contributed by atoms with Gasteiger partial charge < -0.3 is 15.2 Å². The first-order chi connectivity index (χ1) is 8.24. The van der Waals surface area contributed by atoms with Gasteiger partial charge >= 0.3 is 12.1 Å². The van der Waals surface area contributed by atoms with Gasteiger partial charge in [0.05, 0.1) is 0 Å². The number of carboxylic acid groups (broad SMARTS) is 1. The highest BCUT2D eigenvalue weighted by Crippen LogP contribution is 2.39. The van der Waals surface area contributed by atoms with Crippen LogP contribution in [0.4, 0.5) is 4.79 Å². The fourth-order valence-corrected chi connectivity index (χ4v) is 1.84. The predicted octanol–water partition coefficient (Wildman–Crippen LogP) is 2.18. The highest BCUT2D eigenvalue weighted by molar-refractivity contribution is 5.80. The van der Waals surface area contributed by atoms with Gasteiger partial charge in [0.2, 0.25) is 0 Å². The van der Waals surface area contributed by atoms with Gasteiger partial charge in [-0.15, -0.1) is 6.58 Å². The van der Waals surface area contributed by atoms with Gasteiger partial charge in [-0.2, -0.15) is 0 Å². The van der Waals surface area contributed by atoms with Crippen LogP contribution >= 0.6 is 0 Å². The highest BCUT2D eigenvalue weighted by atomic mass is 16.6. The van der Waals surface area contributed by atoms with Crippen molar-refractivity contribution in [2.45, 2.75) is 45.3 Å². The third kappa shape index (κ3) is 4.39. The number of aliphatic carboxylic acids is 1. The molecule has 0 spiro atoms. The number of carboxylic acids is 1. The van der Waals surface area contributed by atoms with E-state index in [1.807, 2.05) is 0 Å². The van der Waals surface area contributed by atoms with Gasteiger partial charge in [0.25, 0.3) is 0 Å². The molecule has 1 rings (SSSR count). The SMILES string of the molecule is C=CC(C1CC1)C(NC(=O)OC(C)(C)C)C(=O)O. The summed E-state index contributed by atoms with van der Waals surface area (Å²) in [5.41, 5.74) is -0.642. The zero-order valence-corrected chi connectivity index (χ0v) is 11.1. The molecule has 2 atom stereocenters. The van der Waals surface area contributed by atoms with E-state index in [2.05, 4.69) is 11.9 Å². The lowest BCUT2D eigenvalue weighted by Crippen LogP contribution is -2.47. The first-order valence-corrected chi connectivity index (χ1v) is 6.09. The van der Waals surface area contributed by atoms with Crippen LogP contribution in [-0.4, -0.2) is 28.8 Å². The lowest BCUT2D eigenvalue weighted by atomic mass is 9.95. The summed E-state index contributed by atoms with van der Waals surface area (Å²) >= 11 is 0. The number of carbonyl (C=O) groups is 2. The molecule has 0 aliphatic heterocycles. The van der Waals surface area contributed by atoms with E-state index in [0.29, 0.717) is 5.92 Å². The van der Waals surface area contributed by atoms with E-state index in [4.69, 9.17) is 4.74 Å². The van der Waals surface area contributed by atoms with Crippen LogP contribution in [0.5, 0.6) is 0 Å². The minimum Gasteiger partial charge on any atom is -0.480 e. The zero-order chi connectivity index (χ0) is 13.9. The van der Waals surface area contributed by atoms with Crippen LogP contribution in [0.1, 0.15) is 33.6 Å². The van der Waals surface area contributed by atoms with E-state index in [9.17, 15) is 14.7 Å². The van der Waals surface area contributed by atoms with Gasteiger partial charge in [-0.1, -0.05) is 6.08 Å². The van der Waals surface area contributed by atoms with Crippen molar-refractivity contribution in [2.75, 3.05) is 0 Å². The van der Waals surface area contributed by atoms with Crippen molar-refractivity contribution in [3.05, 3.63) is 12.7 Å². The number of alkyl carbamates (subject to hydrolysis) is 1. The second-order valence-corrected chi connectivity index (χ2v) is 5.61. The second-order valence-electron chi connectivity index (χ2n) is 5.61. The molecule has 1 saturated carbocycles. The average Bonchev–Trinajstić information content (AvgIpc) is 2.98. The Labute approximate surface area is 107 Å². The molecule has 0 radical (unpaired) electrons. The molecular formula is C13H21NO4. The van der Waals surface area contributed by atoms with Crippen molar-refractivity contribution in [3.8, 4) is 0 Å². The Balaban J connectivity index is 2.65. The Bertz CT molecular complexity index is 341. The van der Waals surface area contributed by atoms with Gasteiger partial charge in [0.1, 0.15) is 11.6 Å². The topological polar surface area (TPSA) is 75.6 Å². The minimum atomic E-state index is -1.06. The summed E-state index contributed by atoms with van der Waals surface area (Å²) in [6.07, 6.45) is 2.86. The second kappa shape index (κ2) is 5.42. The maximum Gasteiger partial charge on any atom is 0.408 e. The van der Waals surface area contributed by atoms with Crippen LogP contribution < -0.4 is 5.32 Å². The highest BCUT2D eigenvalue weighted by Gasteiger charge is 2.39. The van der Waals surface area contributed by atoms with E-state index < -0.39 is 23.7 Å². The van der Waals surface area contributed by atoms with Gasteiger partial charge in [-0.05, 0) is 39.5 Å². The fourth-order valence-electron chi connectivity index (χ4n) is 1.84. The number of rotatable bonds is 5. The molecule has 5 nitrogen and oxygen atoms in total. The lowest BCUT2D eigenvalue weighted by Gasteiger charge is -2.25. The molecule has 102 valence electrons. The van der Waals surface area contributed by atoms with Crippen LogP contribution in [0.15, 0.2) is 12.7 Å². The molecule has 1 aliphatic rings. The Morgan fingerprint density at radius 3 is 2.33 bits per heavy atom. The number of hydrogen-bond acceptors (Lipinski definition) is 3. The van der Waals surface area contributed by atoms with Gasteiger partial charge in [-0.25, -0.2) is 9.59 Å². The smallest absolute Gasteiger partial charge is 0.408 e. The molecule has 2 N–H and O–H groups in total. The Hall–Kier alpha value is -1.52. The number of amides is 1. The molecule has 0 aromatic carbocycles. The maximum absolute atomic E-state index is 11.6. The van der Waals surface area contributed by atoms with Crippen LogP contribution in [0, 0.1) is 11.8 Å². The summed E-state index contributed by atoms with van der Waals surface area (Å²) in [5, 5.41) is 11.6. The molecule has 1 amide bonds. The van der Waals surface area contributed by atoms with Crippen LogP contribution in [-0.2, 0) is 9.53 Å². The standard InChI is InChI=1S/C13H21NO4/c1-5-9(8-6-7-8)10(11(15)16)14-12(17)18-13(2,3)4/h5,8-10H,1,6-7H2,2-4H3,(H,14,17)(H,15,16). The molecule has 0 heterocycles. The number of nitrogens with one attached hydrogen (secondary N) is 1. The van der Waals surface area contributed by atoms with Gasteiger partial charge in [0, 0.05) is 5.92 Å². The molecule has 0 saturated heterocycles. The summed E-state index contributed by atoms with van der Waals surface area (Å²) in [7, 11) is 0. The zero-order valence-electron chi connectivity index (χ0n) is 11.1. The van der Waals surface area contributed by atoms with Crippen molar-refractivity contribution < 1.29 is 19.4 Å². The Morgan fingerprint density at radius 1 is 1.44 bits per heavy atom. The van der Waals surface area contributed by atoms with E-state index in [0.717, 1.165) is 12.8 Å². The third-order valence-electron chi connectivity index (χ3n) is 2.76. The van der Waals surface area contributed by atoms with E-state index in [1.54, 1.807) is 26.8 Å². The summed E-state index contributed by atoms with van der Waals surface area (Å²) in [5.74, 6) is -0.994. The molecule has 2 unspecified atom stereocenters. The number of carbonyl (C=O) groups excluding carboxylic acids is 1. The molecule has 1 fully saturated rings. The first-order valence-electron chi connectivity index (χ1n) is 6.09. The summed E-state index contributed by atoms with van der Waals surface area (Å²) in [6.45, 7) is 8.84. The van der Waals surface area contributed by atoms with E-state index in [1.165, 1.54) is 0 Å². The number of ether oxygens (including phenoxy) is 1. The van der Waals surface area contributed by atoms with Crippen molar-refractivity contribution >= 4 is 12.1 Å².